The fourth-order valence-electron chi connectivity index (χ4n) is 0.221. The van der Waals surface area contributed by atoms with Gasteiger partial charge in [0.15, 0.2) is 0 Å². The summed E-state index contributed by atoms with van der Waals surface area (Å²) in [5.41, 5.74) is 0. The molecule has 0 aliphatic rings. The summed E-state index contributed by atoms with van der Waals surface area (Å²) in [4.78, 5) is 18.5. The molecule has 0 aromatic heterocycles. The van der Waals surface area contributed by atoms with Gasteiger partial charge in [-0.25, -0.2) is 4.57 Å². The SMILES string of the molecule is C=CP(=O)(O)OC(C)=O. The normalized spacial score (nSPS) is 15.8. The van der Waals surface area contributed by atoms with E-state index in [0.29, 0.717) is 5.82 Å². The maximum Gasteiger partial charge on any atom is 0.402 e. The lowest BCUT2D eigenvalue weighted by molar-refractivity contribution is -0.132. The van der Waals surface area contributed by atoms with Crippen LogP contribution in [0.4, 0.5) is 0 Å². The summed E-state index contributed by atoms with van der Waals surface area (Å²) >= 11 is 0. The summed E-state index contributed by atoms with van der Waals surface area (Å²) in [6.45, 7) is 4.04. The zero-order valence-electron chi connectivity index (χ0n) is 4.90. The fourth-order valence-corrected chi connectivity index (χ4v) is 0.664. The Kier molecular flexibility index (Phi) is 2.62. The van der Waals surface area contributed by atoms with E-state index in [4.69, 9.17) is 4.89 Å². The van der Waals surface area contributed by atoms with Crippen LogP contribution in [0.2, 0.25) is 0 Å². The van der Waals surface area contributed by atoms with Crippen molar-refractivity contribution < 1.29 is 18.8 Å². The van der Waals surface area contributed by atoms with Gasteiger partial charge >= 0.3 is 13.6 Å². The minimum absolute atomic E-state index is 0.703. The lowest BCUT2D eigenvalue weighted by Crippen LogP contribution is -1.93. The summed E-state index contributed by atoms with van der Waals surface area (Å²) in [5.74, 6) is -0.0882. The summed E-state index contributed by atoms with van der Waals surface area (Å²) in [6.07, 6.45) is 0. The van der Waals surface area contributed by atoms with Crippen LogP contribution >= 0.6 is 7.60 Å². The summed E-state index contributed by atoms with van der Waals surface area (Å²) in [7, 11) is -3.82. The van der Waals surface area contributed by atoms with Gasteiger partial charge in [0.1, 0.15) is 0 Å². The van der Waals surface area contributed by atoms with E-state index in [2.05, 4.69) is 11.1 Å². The fraction of sp³-hybridized carbons (Fsp3) is 0.250. The first kappa shape index (κ1) is 8.40. The predicted molar refractivity (Wildman–Crippen MR) is 31.8 cm³/mol. The Bertz CT molecular complexity index is 173. The second-order valence-electron chi connectivity index (χ2n) is 1.33. The maximum absolute atomic E-state index is 10.4. The highest BCUT2D eigenvalue weighted by atomic mass is 31.2. The van der Waals surface area contributed by atoms with Crippen molar-refractivity contribution in [2.24, 2.45) is 0 Å². The molecular weight excluding hydrogens is 143 g/mol. The van der Waals surface area contributed by atoms with E-state index >= 15 is 0 Å². The van der Waals surface area contributed by atoms with Gasteiger partial charge in [0.05, 0.1) is 0 Å². The average molecular weight is 150 g/mol. The van der Waals surface area contributed by atoms with E-state index in [1.54, 1.807) is 0 Å². The molecular formula is C4H7O4P. The molecule has 0 amide bonds. The van der Waals surface area contributed by atoms with Crippen LogP contribution in [0.3, 0.4) is 0 Å². The summed E-state index contributed by atoms with van der Waals surface area (Å²) < 4.78 is 14.3. The second-order valence-corrected chi connectivity index (χ2v) is 3.01. The largest absolute Gasteiger partial charge is 0.402 e. The molecule has 1 atom stereocenters. The molecule has 0 heterocycles. The van der Waals surface area contributed by atoms with Crippen molar-refractivity contribution in [3.05, 3.63) is 12.4 Å². The van der Waals surface area contributed by atoms with E-state index in [-0.39, 0.29) is 0 Å². The lowest BCUT2D eigenvalue weighted by Gasteiger charge is -2.02. The quantitative estimate of drug-likeness (QED) is 0.593. The van der Waals surface area contributed by atoms with Crippen molar-refractivity contribution >= 4 is 13.6 Å². The molecule has 0 saturated carbocycles. The smallest absolute Gasteiger partial charge is 0.389 e. The highest BCUT2D eigenvalue weighted by Gasteiger charge is 2.15. The van der Waals surface area contributed by atoms with Crippen LogP contribution < -0.4 is 0 Å². The van der Waals surface area contributed by atoms with Gasteiger partial charge in [-0.15, -0.1) is 0 Å². The first-order valence-electron chi connectivity index (χ1n) is 2.14. The molecule has 4 nitrogen and oxygen atoms in total. The standard InChI is InChI=1S/C4H7O4P/c1-3-9(6,7)8-4(2)5/h3H,1H2,2H3,(H,6,7). The predicted octanol–water partition coefficient (Wildman–Crippen LogP) is 0.878. The van der Waals surface area contributed by atoms with Crippen LogP contribution in [0.5, 0.6) is 0 Å². The zero-order chi connectivity index (χ0) is 7.49. The lowest BCUT2D eigenvalue weighted by atomic mass is 10.9. The third-order valence-corrected chi connectivity index (χ3v) is 1.47. The number of hydrogen-bond donors (Lipinski definition) is 1. The van der Waals surface area contributed by atoms with Gasteiger partial charge in [0.25, 0.3) is 0 Å². The Hall–Kier alpha value is -0.600. The number of carbonyl (C=O) groups is 1. The van der Waals surface area contributed by atoms with Gasteiger partial charge in [-0.05, 0) is 0 Å². The van der Waals surface area contributed by atoms with Crippen LogP contribution in [0, 0.1) is 0 Å². The third kappa shape index (κ3) is 3.94. The van der Waals surface area contributed by atoms with Crippen molar-refractivity contribution in [3.8, 4) is 0 Å². The van der Waals surface area contributed by atoms with E-state index in [1.165, 1.54) is 0 Å². The molecule has 9 heavy (non-hydrogen) atoms. The van der Waals surface area contributed by atoms with E-state index < -0.39 is 13.6 Å². The molecule has 0 fully saturated rings. The van der Waals surface area contributed by atoms with Crippen LogP contribution in [0.25, 0.3) is 0 Å². The van der Waals surface area contributed by atoms with Gasteiger partial charge in [-0.2, -0.15) is 0 Å². The van der Waals surface area contributed by atoms with Crippen molar-refractivity contribution in [2.75, 3.05) is 0 Å². The molecule has 0 saturated heterocycles. The molecule has 1 N–H and O–H groups in total. The Balaban J connectivity index is 4.03. The van der Waals surface area contributed by atoms with E-state index in [9.17, 15) is 9.36 Å². The minimum atomic E-state index is -3.82. The summed E-state index contributed by atoms with van der Waals surface area (Å²) in [6, 6.07) is 0. The van der Waals surface area contributed by atoms with Gasteiger partial charge in [-0.3, -0.25) is 4.79 Å². The summed E-state index contributed by atoms with van der Waals surface area (Å²) in [5, 5.41) is 0. The molecule has 1 unspecified atom stereocenters. The average Bonchev–Trinajstić information content (AvgIpc) is 1.63. The third-order valence-electron chi connectivity index (χ3n) is 0.490. The molecule has 0 bridgehead atoms. The molecule has 52 valence electrons. The Morgan fingerprint density at radius 2 is 2.33 bits per heavy atom. The zero-order valence-corrected chi connectivity index (χ0v) is 5.80. The number of carbonyl (C=O) groups excluding carboxylic acids is 1. The number of hydrogen-bond acceptors (Lipinski definition) is 3. The van der Waals surface area contributed by atoms with E-state index in [0.717, 1.165) is 6.92 Å². The molecule has 0 aromatic carbocycles. The Labute approximate surface area is 52.7 Å². The minimum Gasteiger partial charge on any atom is -0.389 e. The van der Waals surface area contributed by atoms with Gasteiger partial charge in [-0.1, -0.05) is 6.58 Å². The molecule has 0 spiro atoms. The van der Waals surface area contributed by atoms with Crippen molar-refractivity contribution in [3.63, 3.8) is 0 Å². The van der Waals surface area contributed by atoms with Crippen molar-refractivity contribution in [2.45, 2.75) is 6.92 Å². The molecule has 0 aliphatic carbocycles. The molecule has 0 radical (unpaired) electrons. The monoisotopic (exact) mass is 150 g/mol. The Morgan fingerprint density at radius 1 is 1.89 bits per heavy atom. The Morgan fingerprint density at radius 3 is 2.44 bits per heavy atom. The first-order chi connectivity index (χ1) is 3.98. The first-order valence-corrected chi connectivity index (χ1v) is 3.79. The van der Waals surface area contributed by atoms with Crippen LogP contribution in [-0.2, 0) is 13.9 Å². The molecule has 0 aliphatic heterocycles. The highest BCUT2D eigenvalue weighted by Crippen LogP contribution is 2.42. The van der Waals surface area contributed by atoms with E-state index in [1.807, 2.05) is 0 Å². The van der Waals surface area contributed by atoms with Crippen molar-refractivity contribution in [1.82, 2.24) is 0 Å². The topological polar surface area (TPSA) is 63.6 Å². The second kappa shape index (κ2) is 2.80. The van der Waals surface area contributed by atoms with Gasteiger partial charge in [0.2, 0.25) is 0 Å². The van der Waals surface area contributed by atoms with Gasteiger partial charge < -0.3 is 9.42 Å². The maximum atomic E-state index is 10.4. The molecule has 0 aromatic rings. The van der Waals surface area contributed by atoms with Crippen LogP contribution in [-0.4, -0.2) is 10.9 Å². The van der Waals surface area contributed by atoms with Crippen LogP contribution in [0.15, 0.2) is 12.4 Å². The van der Waals surface area contributed by atoms with Crippen molar-refractivity contribution in [1.29, 1.82) is 0 Å². The van der Waals surface area contributed by atoms with Crippen LogP contribution in [0.1, 0.15) is 6.92 Å². The number of rotatable bonds is 2. The highest BCUT2D eigenvalue weighted by molar-refractivity contribution is 7.56. The molecule has 0 rings (SSSR count). The van der Waals surface area contributed by atoms with Gasteiger partial charge in [0, 0.05) is 12.7 Å². The molecule has 5 heteroatoms.